The van der Waals surface area contributed by atoms with Crippen LogP contribution in [0.1, 0.15) is 10.4 Å². The van der Waals surface area contributed by atoms with Crippen LogP contribution in [-0.2, 0) is 10.0 Å². The maximum atomic E-state index is 11.6. The normalized spacial score (nSPS) is 11.7. The van der Waals surface area contributed by atoms with Gasteiger partial charge in [0.1, 0.15) is 0 Å². The van der Waals surface area contributed by atoms with Gasteiger partial charge in [0.15, 0.2) is 5.03 Å². The molecule has 7 heteroatoms. The average molecular weight is 229 g/mol. The van der Waals surface area contributed by atoms with Crippen molar-refractivity contribution < 1.29 is 13.2 Å². The highest BCUT2D eigenvalue weighted by molar-refractivity contribution is 7.89. The predicted molar refractivity (Wildman–Crippen MR) is 53.6 cm³/mol. The minimum Gasteiger partial charge on any atom is -0.366 e. The van der Waals surface area contributed by atoms with E-state index in [0.717, 1.165) is 10.5 Å². The molecule has 0 saturated carbocycles. The van der Waals surface area contributed by atoms with Gasteiger partial charge < -0.3 is 5.73 Å². The Labute approximate surface area is 87.8 Å². The maximum absolute atomic E-state index is 11.6. The molecule has 0 unspecified atom stereocenters. The van der Waals surface area contributed by atoms with Gasteiger partial charge in [0.25, 0.3) is 10.0 Å². The number of hydrogen-bond donors (Lipinski definition) is 1. The summed E-state index contributed by atoms with van der Waals surface area (Å²) in [5, 5.41) is -0.113. The van der Waals surface area contributed by atoms with E-state index in [-0.39, 0.29) is 10.6 Å². The van der Waals surface area contributed by atoms with Crippen LogP contribution in [0.15, 0.2) is 23.4 Å². The molecule has 0 aliphatic heterocycles. The molecule has 0 aliphatic carbocycles. The van der Waals surface area contributed by atoms with E-state index in [1.807, 2.05) is 0 Å². The summed E-state index contributed by atoms with van der Waals surface area (Å²) >= 11 is 0. The first kappa shape index (κ1) is 11.6. The molecule has 1 amide bonds. The predicted octanol–water partition coefficient (Wildman–Crippen LogP) is -0.569. The minimum absolute atomic E-state index is 0.113. The lowest BCUT2D eigenvalue weighted by Gasteiger charge is -2.09. The van der Waals surface area contributed by atoms with Crippen LogP contribution < -0.4 is 5.73 Å². The Hall–Kier alpha value is -1.47. The summed E-state index contributed by atoms with van der Waals surface area (Å²) in [6.45, 7) is 0. The summed E-state index contributed by atoms with van der Waals surface area (Å²) in [6.07, 6.45) is 1.14. The Bertz CT molecular complexity index is 464. The fourth-order valence-corrected chi connectivity index (χ4v) is 1.67. The van der Waals surface area contributed by atoms with Crippen LogP contribution >= 0.6 is 0 Å². The van der Waals surface area contributed by atoms with Crippen molar-refractivity contribution in [1.29, 1.82) is 0 Å². The van der Waals surface area contributed by atoms with Crippen molar-refractivity contribution in [3.63, 3.8) is 0 Å². The molecule has 0 spiro atoms. The lowest BCUT2D eigenvalue weighted by Crippen LogP contribution is -2.23. The van der Waals surface area contributed by atoms with E-state index in [1.54, 1.807) is 0 Å². The van der Waals surface area contributed by atoms with Crippen molar-refractivity contribution in [2.24, 2.45) is 5.73 Å². The first-order chi connectivity index (χ1) is 6.85. The zero-order chi connectivity index (χ0) is 11.6. The van der Waals surface area contributed by atoms with Crippen molar-refractivity contribution in [3.8, 4) is 0 Å². The molecule has 0 saturated heterocycles. The van der Waals surface area contributed by atoms with E-state index in [4.69, 9.17) is 5.73 Å². The largest absolute Gasteiger partial charge is 0.366 e. The molecule has 1 heterocycles. The number of carbonyl (C=O) groups excluding carboxylic acids is 1. The Morgan fingerprint density at radius 1 is 1.40 bits per heavy atom. The molecule has 15 heavy (non-hydrogen) atoms. The molecule has 2 N–H and O–H groups in total. The fourth-order valence-electron chi connectivity index (χ4n) is 0.866. The highest BCUT2D eigenvalue weighted by Gasteiger charge is 2.18. The van der Waals surface area contributed by atoms with Gasteiger partial charge in [0, 0.05) is 20.3 Å². The molecule has 0 aliphatic rings. The zero-order valence-electron chi connectivity index (χ0n) is 8.34. The molecule has 82 valence electrons. The topological polar surface area (TPSA) is 93.4 Å². The third-order valence-electron chi connectivity index (χ3n) is 1.77. The van der Waals surface area contributed by atoms with E-state index in [2.05, 4.69) is 4.98 Å². The van der Waals surface area contributed by atoms with Gasteiger partial charge >= 0.3 is 0 Å². The van der Waals surface area contributed by atoms with Crippen molar-refractivity contribution in [2.45, 2.75) is 5.03 Å². The van der Waals surface area contributed by atoms with Crippen molar-refractivity contribution in [1.82, 2.24) is 9.29 Å². The van der Waals surface area contributed by atoms with Gasteiger partial charge in [0.05, 0.1) is 5.56 Å². The first-order valence-electron chi connectivity index (χ1n) is 4.04. The van der Waals surface area contributed by atoms with E-state index < -0.39 is 15.9 Å². The Morgan fingerprint density at radius 2 is 2.00 bits per heavy atom. The summed E-state index contributed by atoms with van der Waals surface area (Å²) in [5.74, 6) is -0.642. The van der Waals surface area contributed by atoms with Gasteiger partial charge in [-0.25, -0.2) is 17.7 Å². The SMILES string of the molecule is CN(C)S(=O)(=O)c1ccc(C(N)=O)cn1. The second kappa shape index (κ2) is 3.95. The number of nitrogens with two attached hydrogens (primary N) is 1. The average Bonchev–Trinajstić information content (AvgIpc) is 2.17. The molecule has 1 aromatic heterocycles. The van der Waals surface area contributed by atoms with E-state index >= 15 is 0 Å². The molecular weight excluding hydrogens is 218 g/mol. The lowest BCUT2D eigenvalue weighted by molar-refractivity contribution is 0.1000. The number of rotatable bonds is 3. The number of sulfonamides is 1. The van der Waals surface area contributed by atoms with Crippen molar-refractivity contribution in [3.05, 3.63) is 23.9 Å². The standard InChI is InChI=1S/C8H11N3O3S/c1-11(2)15(13,14)7-4-3-6(5-10-7)8(9)12/h3-5H,1-2H3,(H2,9,12). The minimum atomic E-state index is -3.55. The van der Waals surface area contributed by atoms with Crippen LogP contribution in [-0.4, -0.2) is 37.7 Å². The van der Waals surface area contributed by atoms with Gasteiger partial charge in [-0.15, -0.1) is 0 Å². The van der Waals surface area contributed by atoms with Crippen molar-refractivity contribution >= 4 is 15.9 Å². The summed E-state index contributed by atoms with van der Waals surface area (Å²) in [5.41, 5.74) is 5.17. The molecule has 1 rings (SSSR count). The number of nitrogens with zero attached hydrogens (tertiary/aromatic N) is 2. The third kappa shape index (κ3) is 2.31. The van der Waals surface area contributed by atoms with Gasteiger partial charge in [-0.2, -0.15) is 0 Å². The molecule has 6 nitrogen and oxygen atoms in total. The quantitative estimate of drug-likeness (QED) is 0.751. The van der Waals surface area contributed by atoms with Crippen LogP contribution in [0, 0.1) is 0 Å². The van der Waals surface area contributed by atoms with Gasteiger partial charge in [-0.3, -0.25) is 4.79 Å². The zero-order valence-corrected chi connectivity index (χ0v) is 9.15. The number of pyridine rings is 1. The second-order valence-electron chi connectivity index (χ2n) is 3.04. The fraction of sp³-hybridized carbons (Fsp3) is 0.250. The third-order valence-corrected chi connectivity index (χ3v) is 3.50. The highest BCUT2D eigenvalue weighted by atomic mass is 32.2. The number of primary amides is 1. The number of hydrogen-bond acceptors (Lipinski definition) is 4. The second-order valence-corrected chi connectivity index (χ2v) is 5.14. The highest BCUT2D eigenvalue weighted by Crippen LogP contribution is 2.09. The molecule has 0 fully saturated rings. The van der Waals surface area contributed by atoms with Crippen LogP contribution in [0.5, 0.6) is 0 Å². The first-order valence-corrected chi connectivity index (χ1v) is 5.48. The monoisotopic (exact) mass is 229 g/mol. The summed E-state index contributed by atoms with van der Waals surface area (Å²) in [6, 6.07) is 2.57. The van der Waals surface area contributed by atoms with Crippen molar-refractivity contribution in [2.75, 3.05) is 14.1 Å². The molecule has 0 aromatic carbocycles. The van der Waals surface area contributed by atoms with Gasteiger partial charge in [-0.05, 0) is 12.1 Å². The number of amides is 1. The van der Waals surface area contributed by atoms with Crippen LogP contribution in [0.25, 0.3) is 0 Å². The summed E-state index contributed by atoms with van der Waals surface area (Å²) < 4.78 is 24.2. The molecule has 0 radical (unpaired) electrons. The van der Waals surface area contributed by atoms with Crippen LogP contribution in [0.2, 0.25) is 0 Å². The van der Waals surface area contributed by atoms with Crippen LogP contribution in [0.3, 0.4) is 0 Å². The molecular formula is C8H11N3O3S. The summed E-state index contributed by atoms with van der Waals surface area (Å²) in [7, 11) is -0.746. The van der Waals surface area contributed by atoms with E-state index in [1.165, 1.54) is 26.2 Å². The Kier molecular flexibility index (Phi) is 3.06. The lowest BCUT2D eigenvalue weighted by atomic mass is 10.3. The van der Waals surface area contributed by atoms with E-state index in [0.29, 0.717) is 0 Å². The molecule has 1 aromatic rings. The van der Waals surface area contributed by atoms with Gasteiger partial charge in [-0.1, -0.05) is 0 Å². The Balaban J connectivity index is 3.15. The number of carbonyl (C=O) groups is 1. The van der Waals surface area contributed by atoms with E-state index in [9.17, 15) is 13.2 Å². The van der Waals surface area contributed by atoms with Crippen LogP contribution in [0.4, 0.5) is 0 Å². The Morgan fingerprint density at radius 3 is 2.33 bits per heavy atom. The summed E-state index contributed by atoms with van der Waals surface area (Å²) in [4.78, 5) is 14.4. The smallest absolute Gasteiger partial charge is 0.260 e. The molecule has 0 bridgehead atoms. The maximum Gasteiger partial charge on any atom is 0.260 e. The number of aromatic nitrogens is 1. The van der Waals surface area contributed by atoms with Gasteiger partial charge in [0.2, 0.25) is 5.91 Å². The molecule has 0 atom stereocenters.